The molecule has 1 aromatic rings. The van der Waals surface area contributed by atoms with Crippen molar-refractivity contribution >= 4 is 11.6 Å². The van der Waals surface area contributed by atoms with Gasteiger partial charge in [-0.1, -0.05) is 18.5 Å². The first kappa shape index (κ1) is 9.20. The van der Waals surface area contributed by atoms with Crippen molar-refractivity contribution in [3.63, 3.8) is 0 Å². The maximum absolute atomic E-state index is 9.44. The number of aromatic hydroxyl groups is 1. The van der Waals surface area contributed by atoms with Gasteiger partial charge in [-0.25, -0.2) is 0 Å². The highest BCUT2D eigenvalue weighted by molar-refractivity contribution is 6.30. The topological polar surface area (TPSA) is 29.5 Å². The number of hydrogen-bond donors (Lipinski definition) is 1. The van der Waals surface area contributed by atoms with Gasteiger partial charge >= 0.3 is 0 Å². The Kier molecular flexibility index (Phi) is 2.82. The van der Waals surface area contributed by atoms with Gasteiger partial charge in [0.15, 0.2) is 0 Å². The summed E-state index contributed by atoms with van der Waals surface area (Å²) in [6, 6.07) is 3.21. The van der Waals surface area contributed by atoms with Gasteiger partial charge in [-0.15, -0.1) is 0 Å². The molecule has 3 heteroatoms. The molecule has 0 saturated carbocycles. The Hall–Kier alpha value is -0.890. The first-order chi connectivity index (χ1) is 5.69. The predicted molar refractivity (Wildman–Crippen MR) is 49.0 cm³/mol. The van der Waals surface area contributed by atoms with Crippen LogP contribution in [0.3, 0.4) is 0 Å². The van der Waals surface area contributed by atoms with Crippen molar-refractivity contribution < 1.29 is 9.84 Å². The summed E-state index contributed by atoms with van der Waals surface area (Å²) < 4.78 is 5.05. The van der Waals surface area contributed by atoms with Crippen LogP contribution in [0, 0.1) is 0 Å². The van der Waals surface area contributed by atoms with Gasteiger partial charge in [0.25, 0.3) is 0 Å². The van der Waals surface area contributed by atoms with E-state index in [9.17, 15) is 5.11 Å². The molecule has 0 heterocycles. The molecule has 0 amide bonds. The smallest absolute Gasteiger partial charge is 0.127 e. The van der Waals surface area contributed by atoms with Crippen LogP contribution < -0.4 is 4.74 Å². The van der Waals surface area contributed by atoms with E-state index in [1.54, 1.807) is 13.2 Å². The van der Waals surface area contributed by atoms with Crippen LogP contribution in [-0.4, -0.2) is 12.2 Å². The van der Waals surface area contributed by atoms with Gasteiger partial charge < -0.3 is 9.84 Å². The number of hydrogen-bond acceptors (Lipinski definition) is 2. The van der Waals surface area contributed by atoms with E-state index in [0.29, 0.717) is 10.8 Å². The lowest BCUT2D eigenvalue weighted by molar-refractivity contribution is 0.400. The predicted octanol–water partition coefficient (Wildman–Crippen LogP) is 2.62. The van der Waals surface area contributed by atoms with Crippen LogP contribution in [-0.2, 0) is 6.42 Å². The second kappa shape index (κ2) is 3.68. The Morgan fingerprint density at radius 1 is 1.50 bits per heavy atom. The molecule has 0 saturated heterocycles. The van der Waals surface area contributed by atoms with Crippen molar-refractivity contribution in [1.82, 2.24) is 0 Å². The Morgan fingerprint density at radius 2 is 2.17 bits per heavy atom. The third kappa shape index (κ3) is 1.64. The summed E-state index contributed by atoms with van der Waals surface area (Å²) in [6.07, 6.45) is 0.728. The van der Waals surface area contributed by atoms with E-state index in [1.807, 2.05) is 6.92 Å². The third-order valence-corrected chi connectivity index (χ3v) is 1.94. The number of halogens is 1. The molecule has 0 aliphatic heterocycles. The summed E-state index contributed by atoms with van der Waals surface area (Å²) >= 11 is 5.72. The fourth-order valence-corrected chi connectivity index (χ4v) is 1.34. The van der Waals surface area contributed by atoms with Crippen LogP contribution in [0.4, 0.5) is 0 Å². The van der Waals surface area contributed by atoms with Crippen LogP contribution in [0.1, 0.15) is 12.5 Å². The molecule has 0 spiro atoms. The quantitative estimate of drug-likeness (QED) is 0.770. The van der Waals surface area contributed by atoms with Crippen molar-refractivity contribution in [3.8, 4) is 11.5 Å². The maximum atomic E-state index is 9.44. The number of phenols is 1. The average molecular weight is 187 g/mol. The molecule has 66 valence electrons. The number of methoxy groups -OCH3 is 1. The summed E-state index contributed by atoms with van der Waals surface area (Å²) in [5.41, 5.74) is 0.793. The number of ether oxygens (including phenoxy) is 1. The molecule has 0 fully saturated rings. The van der Waals surface area contributed by atoms with Gasteiger partial charge in [-0.05, 0) is 18.6 Å². The fraction of sp³-hybridized carbons (Fsp3) is 0.333. The molecule has 0 bridgehead atoms. The zero-order valence-corrected chi connectivity index (χ0v) is 7.85. The molecular formula is C9H11ClO2. The molecule has 0 radical (unpaired) electrons. The molecule has 0 unspecified atom stereocenters. The Bertz CT molecular complexity index is 284. The third-order valence-electron chi connectivity index (χ3n) is 1.72. The van der Waals surface area contributed by atoms with Crippen molar-refractivity contribution in [2.24, 2.45) is 0 Å². The average Bonchev–Trinajstić information content (AvgIpc) is 2.03. The SMILES string of the molecule is CCc1c(O)cc(Cl)cc1OC. The lowest BCUT2D eigenvalue weighted by Crippen LogP contribution is -1.90. The number of rotatable bonds is 2. The monoisotopic (exact) mass is 186 g/mol. The van der Waals surface area contributed by atoms with Crippen molar-refractivity contribution in [1.29, 1.82) is 0 Å². The molecule has 1 aromatic carbocycles. The highest BCUT2D eigenvalue weighted by Crippen LogP contribution is 2.31. The second-order valence-electron chi connectivity index (χ2n) is 2.46. The van der Waals surface area contributed by atoms with E-state index in [4.69, 9.17) is 16.3 Å². The van der Waals surface area contributed by atoms with Crippen LogP contribution >= 0.6 is 11.6 Å². The lowest BCUT2D eigenvalue weighted by atomic mass is 10.1. The summed E-state index contributed by atoms with van der Waals surface area (Å²) in [7, 11) is 1.56. The molecule has 1 rings (SSSR count). The molecule has 0 aliphatic rings. The summed E-state index contributed by atoms with van der Waals surface area (Å²) in [4.78, 5) is 0. The Labute approximate surface area is 76.7 Å². The van der Waals surface area contributed by atoms with E-state index in [2.05, 4.69) is 0 Å². The highest BCUT2D eigenvalue weighted by Gasteiger charge is 2.07. The van der Waals surface area contributed by atoms with Crippen LogP contribution in [0.2, 0.25) is 5.02 Å². The minimum absolute atomic E-state index is 0.196. The van der Waals surface area contributed by atoms with E-state index in [1.165, 1.54) is 6.07 Å². The van der Waals surface area contributed by atoms with Crippen molar-refractivity contribution in [2.75, 3.05) is 7.11 Å². The molecule has 0 aliphatic carbocycles. The second-order valence-corrected chi connectivity index (χ2v) is 2.90. The van der Waals surface area contributed by atoms with Crippen LogP contribution in [0.15, 0.2) is 12.1 Å². The highest BCUT2D eigenvalue weighted by atomic mass is 35.5. The Balaban J connectivity index is 3.24. The molecule has 1 N–H and O–H groups in total. The molecular weight excluding hydrogens is 176 g/mol. The fourth-order valence-electron chi connectivity index (χ4n) is 1.14. The van der Waals surface area contributed by atoms with E-state index in [0.717, 1.165) is 12.0 Å². The maximum Gasteiger partial charge on any atom is 0.127 e. The van der Waals surface area contributed by atoms with E-state index < -0.39 is 0 Å². The van der Waals surface area contributed by atoms with E-state index >= 15 is 0 Å². The minimum atomic E-state index is 0.196. The van der Waals surface area contributed by atoms with Crippen molar-refractivity contribution in [3.05, 3.63) is 22.7 Å². The van der Waals surface area contributed by atoms with E-state index in [-0.39, 0.29) is 5.75 Å². The summed E-state index contributed by atoms with van der Waals surface area (Å²) in [5.74, 6) is 0.837. The minimum Gasteiger partial charge on any atom is -0.507 e. The summed E-state index contributed by atoms with van der Waals surface area (Å²) in [6.45, 7) is 1.95. The van der Waals surface area contributed by atoms with Gasteiger partial charge in [-0.2, -0.15) is 0 Å². The zero-order valence-electron chi connectivity index (χ0n) is 7.10. The van der Waals surface area contributed by atoms with Gasteiger partial charge in [0.1, 0.15) is 11.5 Å². The van der Waals surface area contributed by atoms with Gasteiger partial charge in [0, 0.05) is 10.6 Å². The first-order valence-corrected chi connectivity index (χ1v) is 4.12. The zero-order chi connectivity index (χ0) is 9.14. The largest absolute Gasteiger partial charge is 0.507 e. The normalized spacial score (nSPS) is 9.92. The van der Waals surface area contributed by atoms with Gasteiger partial charge in [0.2, 0.25) is 0 Å². The van der Waals surface area contributed by atoms with Crippen LogP contribution in [0.25, 0.3) is 0 Å². The molecule has 12 heavy (non-hydrogen) atoms. The van der Waals surface area contributed by atoms with Gasteiger partial charge in [0.05, 0.1) is 7.11 Å². The van der Waals surface area contributed by atoms with Crippen molar-refractivity contribution in [2.45, 2.75) is 13.3 Å². The lowest BCUT2D eigenvalue weighted by Gasteiger charge is -2.08. The standard InChI is InChI=1S/C9H11ClO2/c1-3-7-8(11)4-6(10)5-9(7)12-2/h4-5,11H,3H2,1-2H3. The van der Waals surface area contributed by atoms with Crippen LogP contribution in [0.5, 0.6) is 11.5 Å². The molecule has 2 nitrogen and oxygen atoms in total. The Morgan fingerprint density at radius 3 is 2.67 bits per heavy atom. The number of benzene rings is 1. The first-order valence-electron chi connectivity index (χ1n) is 3.74. The number of phenolic OH excluding ortho intramolecular Hbond substituents is 1. The molecule has 0 aromatic heterocycles. The van der Waals surface area contributed by atoms with Gasteiger partial charge in [-0.3, -0.25) is 0 Å². The summed E-state index contributed by atoms with van der Waals surface area (Å²) in [5, 5.41) is 9.93. The molecule has 0 atom stereocenters.